The SMILES string of the molecule is COc1ccc(-c2cc3c(NCc4ccccc4)ncnc3n2C(C)C)cc1. The number of fused-ring (bicyclic) bond motifs is 1. The Morgan fingerprint density at radius 2 is 1.75 bits per heavy atom. The highest BCUT2D eigenvalue weighted by molar-refractivity contribution is 5.92. The van der Waals surface area contributed by atoms with Gasteiger partial charge in [0.25, 0.3) is 0 Å². The lowest BCUT2D eigenvalue weighted by Gasteiger charge is -2.14. The van der Waals surface area contributed by atoms with Crippen LogP contribution in [0, 0.1) is 0 Å². The van der Waals surface area contributed by atoms with Crippen molar-refractivity contribution in [2.24, 2.45) is 0 Å². The third-order valence-electron chi connectivity index (χ3n) is 4.84. The molecule has 0 saturated carbocycles. The molecular weight excluding hydrogens is 348 g/mol. The van der Waals surface area contributed by atoms with Crippen LogP contribution >= 0.6 is 0 Å². The molecule has 0 bridgehead atoms. The molecule has 2 aromatic heterocycles. The fourth-order valence-electron chi connectivity index (χ4n) is 3.46. The fraction of sp³-hybridized carbons (Fsp3) is 0.217. The summed E-state index contributed by atoms with van der Waals surface area (Å²) in [6, 6.07) is 20.9. The van der Waals surface area contributed by atoms with Crippen LogP contribution < -0.4 is 10.1 Å². The van der Waals surface area contributed by atoms with Gasteiger partial charge in [-0.05, 0) is 55.3 Å². The first kappa shape index (κ1) is 18.0. The number of nitrogens with zero attached hydrogens (tertiary/aromatic N) is 3. The maximum absolute atomic E-state index is 5.30. The van der Waals surface area contributed by atoms with E-state index in [9.17, 15) is 0 Å². The highest BCUT2D eigenvalue weighted by Crippen LogP contribution is 2.33. The van der Waals surface area contributed by atoms with E-state index in [2.05, 4.69) is 64.0 Å². The number of aromatic nitrogens is 3. The summed E-state index contributed by atoms with van der Waals surface area (Å²) in [6.07, 6.45) is 1.63. The quantitative estimate of drug-likeness (QED) is 0.499. The molecule has 1 N–H and O–H groups in total. The first-order chi connectivity index (χ1) is 13.7. The Kier molecular flexibility index (Phi) is 4.98. The van der Waals surface area contributed by atoms with Gasteiger partial charge >= 0.3 is 0 Å². The molecule has 2 heterocycles. The van der Waals surface area contributed by atoms with Crippen molar-refractivity contribution in [1.82, 2.24) is 14.5 Å². The largest absolute Gasteiger partial charge is 0.497 e. The van der Waals surface area contributed by atoms with Gasteiger partial charge in [0.1, 0.15) is 23.5 Å². The number of hydrogen-bond acceptors (Lipinski definition) is 4. The van der Waals surface area contributed by atoms with E-state index in [1.54, 1.807) is 13.4 Å². The smallest absolute Gasteiger partial charge is 0.146 e. The second-order valence-electron chi connectivity index (χ2n) is 7.02. The van der Waals surface area contributed by atoms with Gasteiger partial charge in [-0.15, -0.1) is 0 Å². The first-order valence-electron chi connectivity index (χ1n) is 9.45. The molecule has 0 amide bonds. The molecule has 0 radical (unpaired) electrons. The van der Waals surface area contributed by atoms with Gasteiger partial charge in [-0.3, -0.25) is 0 Å². The van der Waals surface area contributed by atoms with E-state index in [1.807, 2.05) is 30.3 Å². The Labute approximate surface area is 165 Å². The maximum Gasteiger partial charge on any atom is 0.146 e. The second-order valence-corrected chi connectivity index (χ2v) is 7.02. The van der Waals surface area contributed by atoms with Gasteiger partial charge in [-0.2, -0.15) is 0 Å². The topological polar surface area (TPSA) is 52.0 Å². The van der Waals surface area contributed by atoms with Crippen LogP contribution in [0.5, 0.6) is 5.75 Å². The molecule has 0 saturated heterocycles. The second kappa shape index (κ2) is 7.72. The zero-order valence-electron chi connectivity index (χ0n) is 16.4. The molecule has 142 valence electrons. The third-order valence-corrected chi connectivity index (χ3v) is 4.84. The molecule has 5 heteroatoms. The molecule has 28 heavy (non-hydrogen) atoms. The Morgan fingerprint density at radius 1 is 1.00 bits per heavy atom. The van der Waals surface area contributed by atoms with Crippen molar-refractivity contribution in [3.8, 4) is 17.0 Å². The Hall–Kier alpha value is -3.34. The summed E-state index contributed by atoms with van der Waals surface area (Å²) in [5.41, 5.74) is 4.40. The average molecular weight is 372 g/mol. The number of hydrogen-bond donors (Lipinski definition) is 1. The molecule has 0 unspecified atom stereocenters. The van der Waals surface area contributed by atoms with Crippen molar-refractivity contribution in [2.75, 3.05) is 12.4 Å². The number of methoxy groups -OCH3 is 1. The zero-order valence-corrected chi connectivity index (χ0v) is 16.4. The van der Waals surface area contributed by atoms with Gasteiger partial charge in [0, 0.05) is 12.6 Å². The van der Waals surface area contributed by atoms with Crippen LogP contribution in [-0.2, 0) is 6.54 Å². The highest BCUT2D eigenvalue weighted by Gasteiger charge is 2.17. The lowest BCUT2D eigenvalue weighted by atomic mass is 10.1. The summed E-state index contributed by atoms with van der Waals surface area (Å²) >= 11 is 0. The van der Waals surface area contributed by atoms with E-state index in [1.165, 1.54) is 5.56 Å². The summed E-state index contributed by atoms with van der Waals surface area (Å²) in [6.45, 7) is 5.06. The number of nitrogens with one attached hydrogen (secondary N) is 1. The summed E-state index contributed by atoms with van der Waals surface area (Å²) in [4.78, 5) is 9.09. The molecule has 5 nitrogen and oxygen atoms in total. The lowest BCUT2D eigenvalue weighted by Crippen LogP contribution is -2.05. The van der Waals surface area contributed by atoms with E-state index in [-0.39, 0.29) is 6.04 Å². The molecular formula is C23H24N4O. The summed E-state index contributed by atoms with van der Waals surface area (Å²) in [5, 5.41) is 4.49. The molecule has 0 aliphatic heterocycles. The standard InChI is InChI=1S/C23H24N4O/c1-16(2)27-21(18-9-11-19(28-3)12-10-18)13-20-22(25-15-26-23(20)27)24-14-17-7-5-4-6-8-17/h4-13,15-16H,14H2,1-3H3,(H,24,25,26). The van der Waals surface area contributed by atoms with Crippen LogP contribution in [0.15, 0.2) is 67.0 Å². The molecule has 4 aromatic rings. The fourth-order valence-corrected chi connectivity index (χ4v) is 3.46. The number of rotatable bonds is 6. The van der Waals surface area contributed by atoms with E-state index in [4.69, 9.17) is 4.74 Å². The first-order valence-corrected chi connectivity index (χ1v) is 9.45. The normalized spacial score (nSPS) is 11.1. The molecule has 4 rings (SSSR count). The Balaban J connectivity index is 1.76. The monoisotopic (exact) mass is 372 g/mol. The minimum Gasteiger partial charge on any atom is -0.497 e. The zero-order chi connectivity index (χ0) is 19.5. The van der Waals surface area contributed by atoms with E-state index < -0.39 is 0 Å². The van der Waals surface area contributed by atoms with Gasteiger partial charge in [-0.25, -0.2) is 9.97 Å². The van der Waals surface area contributed by atoms with Crippen LogP contribution in [0.2, 0.25) is 0 Å². The molecule has 0 spiro atoms. The van der Waals surface area contributed by atoms with Gasteiger partial charge in [0.05, 0.1) is 18.2 Å². The molecule has 0 fully saturated rings. The van der Waals surface area contributed by atoms with Crippen LogP contribution in [0.3, 0.4) is 0 Å². The molecule has 0 aliphatic rings. The predicted octanol–water partition coefficient (Wildman–Crippen LogP) is 5.30. The van der Waals surface area contributed by atoms with Gasteiger partial charge < -0.3 is 14.6 Å². The molecule has 0 atom stereocenters. The van der Waals surface area contributed by atoms with E-state index in [0.29, 0.717) is 0 Å². The average Bonchev–Trinajstić information content (AvgIpc) is 3.13. The molecule has 0 aliphatic carbocycles. The summed E-state index contributed by atoms with van der Waals surface area (Å²) < 4.78 is 7.55. The predicted molar refractivity (Wildman–Crippen MR) is 114 cm³/mol. The van der Waals surface area contributed by atoms with E-state index in [0.717, 1.165) is 40.4 Å². The van der Waals surface area contributed by atoms with Crippen molar-refractivity contribution in [3.05, 3.63) is 72.6 Å². The van der Waals surface area contributed by atoms with Crippen LogP contribution in [0.25, 0.3) is 22.3 Å². The minimum absolute atomic E-state index is 0.270. The third kappa shape index (κ3) is 3.43. The van der Waals surface area contributed by atoms with Crippen LogP contribution in [-0.4, -0.2) is 21.6 Å². The lowest BCUT2D eigenvalue weighted by molar-refractivity contribution is 0.415. The van der Waals surface area contributed by atoms with E-state index >= 15 is 0 Å². The number of ether oxygens (including phenoxy) is 1. The van der Waals surface area contributed by atoms with Crippen molar-refractivity contribution in [3.63, 3.8) is 0 Å². The summed E-state index contributed by atoms with van der Waals surface area (Å²) in [7, 11) is 1.68. The van der Waals surface area contributed by atoms with Crippen LogP contribution in [0.4, 0.5) is 5.82 Å². The van der Waals surface area contributed by atoms with Gasteiger partial charge in [-0.1, -0.05) is 30.3 Å². The van der Waals surface area contributed by atoms with Crippen molar-refractivity contribution in [2.45, 2.75) is 26.4 Å². The van der Waals surface area contributed by atoms with Crippen molar-refractivity contribution < 1.29 is 4.74 Å². The molecule has 2 aromatic carbocycles. The van der Waals surface area contributed by atoms with Gasteiger partial charge in [0.15, 0.2) is 0 Å². The number of anilines is 1. The summed E-state index contributed by atoms with van der Waals surface area (Å²) in [5.74, 6) is 1.70. The van der Waals surface area contributed by atoms with Crippen LogP contribution in [0.1, 0.15) is 25.5 Å². The minimum atomic E-state index is 0.270. The highest BCUT2D eigenvalue weighted by atomic mass is 16.5. The Morgan fingerprint density at radius 3 is 2.43 bits per heavy atom. The van der Waals surface area contributed by atoms with Gasteiger partial charge in [0.2, 0.25) is 0 Å². The van der Waals surface area contributed by atoms with Crippen molar-refractivity contribution in [1.29, 1.82) is 0 Å². The number of benzene rings is 2. The van der Waals surface area contributed by atoms with Crippen molar-refractivity contribution >= 4 is 16.9 Å². The maximum atomic E-state index is 5.30. The Bertz CT molecular complexity index is 1070.